The first-order valence-electron chi connectivity index (χ1n) is 7.93. The van der Waals surface area contributed by atoms with Gasteiger partial charge in [0.1, 0.15) is 5.60 Å². The van der Waals surface area contributed by atoms with Crippen molar-refractivity contribution in [1.29, 1.82) is 0 Å². The third kappa shape index (κ3) is 4.52. The minimum atomic E-state index is -1.04. The van der Waals surface area contributed by atoms with Crippen molar-refractivity contribution in [2.75, 3.05) is 6.79 Å². The molecule has 2 aromatic carbocycles. The lowest BCUT2D eigenvalue weighted by atomic mass is 10.1. The fraction of sp³-hybridized carbons (Fsp3) is 0.250. The SMILES string of the molecule is CC(C)(O)C#Cc1ccc(C(=O)NCc2ccc3c(c2)OCO3)cc1. The van der Waals surface area contributed by atoms with Gasteiger partial charge in [-0.1, -0.05) is 17.9 Å². The van der Waals surface area contributed by atoms with E-state index in [1.165, 1.54) is 0 Å². The lowest BCUT2D eigenvalue weighted by Gasteiger charge is -2.07. The standard InChI is InChI=1S/C20H19NO4/c1-20(2,23)10-9-14-3-6-16(7-4-14)19(22)21-12-15-5-8-17-18(11-15)25-13-24-17/h3-8,11,23H,12-13H2,1-2H3,(H,21,22). The Labute approximate surface area is 146 Å². The van der Waals surface area contributed by atoms with Crippen LogP contribution in [0.25, 0.3) is 0 Å². The predicted octanol–water partition coefficient (Wildman–Crippen LogP) is 2.47. The molecule has 0 spiro atoms. The molecule has 1 amide bonds. The first-order valence-corrected chi connectivity index (χ1v) is 7.93. The number of hydrogen-bond acceptors (Lipinski definition) is 4. The van der Waals surface area contributed by atoms with Gasteiger partial charge in [0.05, 0.1) is 0 Å². The second-order valence-corrected chi connectivity index (χ2v) is 6.26. The lowest BCUT2D eigenvalue weighted by Crippen LogP contribution is -2.22. The summed E-state index contributed by atoms with van der Waals surface area (Å²) in [5.74, 6) is 6.86. The van der Waals surface area contributed by atoms with Gasteiger partial charge in [0.25, 0.3) is 5.91 Å². The number of aliphatic hydroxyl groups is 1. The summed E-state index contributed by atoms with van der Waals surface area (Å²) in [6.07, 6.45) is 0. The summed E-state index contributed by atoms with van der Waals surface area (Å²) in [5, 5.41) is 12.5. The van der Waals surface area contributed by atoms with Crippen molar-refractivity contribution < 1.29 is 19.4 Å². The molecule has 25 heavy (non-hydrogen) atoms. The van der Waals surface area contributed by atoms with Gasteiger partial charge in [-0.15, -0.1) is 0 Å². The van der Waals surface area contributed by atoms with E-state index in [0.717, 1.165) is 16.9 Å². The second kappa shape index (κ2) is 6.88. The summed E-state index contributed by atoms with van der Waals surface area (Å²) >= 11 is 0. The molecule has 128 valence electrons. The van der Waals surface area contributed by atoms with Crippen molar-refractivity contribution in [3.8, 4) is 23.3 Å². The summed E-state index contributed by atoms with van der Waals surface area (Å²) in [6.45, 7) is 3.87. The molecule has 3 rings (SSSR count). The Kier molecular flexibility index (Phi) is 4.64. The number of amides is 1. The zero-order valence-corrected chi connectivity index (χ0v) is 14.1. The van der Waals surface area contributed by atoms with Gasteiger partial charge in [-0.3, -0.25) is 4.79 Å². The van der Waals surface area contributed by atoms with Crippen LogP contribution in [0.3, 0.4) is 0 Å². The van der Waals surface area contributed by atoms with Crippen molar-refractivity contribution in [3.63, 3.8) is 0 Å². The lowest BCUT2D eigenvalue weighted by molar-refractivity contribution is 0.0950. The first kappa shape index (κ1) is 16.9. The van der Waals surface area contributed by atoms with Gasteiger partial charge >= 0.3 is 0 Å². The average molecular weight is 337 g/mol. The molecular formula is C20H19NO4. The molecule has 5 nitrogen and oxygen atoms in total. The molecule has 5 heteroatoms. The van der Waals surface area contributed by atoms with Crippen molar-refractivity contribution in [3.05, 3.63) is 59.2 Å². The molecule has 0 unspecified atom stereocenters. The highest BCUT2D eigenvalue weighted by atomic mass is 16.7. The monoisotopic (exact) mass is 337 g/mol. The van der Waals surface area contributed by atoms with Crippen LogP contribution in [0.15, 0.2) is 42.5 Å². The highest BCUT2D eigenvalue weighted by Gasteiger charge is 2.13. The van der Waals surface area contributed by atoms with Crippen LogP contribution < -0.4 is 14.8 Å². The maximum Gasteiger partial charge on any atom is 0.251 e. The molecule has 0 aliphatic carbocycles. The van der Waals surface area contributed by atoms with Crippen LogP contribution in [0.4, 0.5) is 0 Å². The molecule has 1 heterocycles. The van der Waals surface area contributed by atoms with E-state index in [1.54, 1.807) is 38.1 Å². The maximum absolute atomic E-state index is 12.2. The molecule has 2 aromatic rings. The van der Waals surface area contributed by atoms with Crippen molar-refractivity contribution in [1.82, 2.24) is 5.32 Å². The zero-order valence-electron chi connectivity index (χ0n) is 14.1. The number of carbonyl (C=O) groups excluding carboxylic acids is 1. The number of ether oxygens (including phenoxy) is 2. The van der Waals surface area contributed by atoms with Gasteiger partial charge in [0.2, 0.25) is 6.79 Å². The van der Waals surface area contributed by atoms with Crippen LogP contribution in [0.2, 0.25) is 0 Å². The number of rotatable bonds is 3. The Bertz CT molecular complexity index is 839. The van der Waals surface area contributed by atoms with Crippen LogP contribution in [-0.4, -0.2) is 23.4 Å². The van der Waals surface area contributed by atoms with Crippen LogP contribution in [-0.2, 0) is 6.54 Å². The fourth-order valence-electron chi connectivity index (χ4n) is 2.27. The van der Waals surface area contributed by atoms with E-state index in [9.17, 15) is 9.90 Å². The average Bonchev–Trinajstić information content (AvgIpc) is 3.05. The van der Waals surface area contributed by atoms with Crippen LogP contribution in [0.1, 0.15) is 35.3 Å². The van der Waals surface area contributed by atoms with Gasteiger partial charge in [0, 0.05) is 17.7 Å². The Balaban J connectivity index is 1.60. The molecule has 0 atom stereocenters. The molecule has 0 saturated heterocycles. The van der Waals surface area contributed by atoms with E-state index >= 15 is 0 Å². The summed E-state index contributed by atoms with van der Waals surface area (Å²) < 4.78 is 10.6. The number of benzene rings is 2. The molecule has 0 bridgehead atoms. The molecule has 0 radical (unpaired) electrons. The smallest absolute Gasteiger partial charge is 0.251 e. The molecule has 0 fully saturated rings. The summed E-state index contributed by atoms with van der Waals surface area (Å²) in [7, 11) is 0. The van der Waals surface area contributed by atoms with Gasteiger partial charge in [-0.05, 0) is 55.8 Å². The van der Waals surface area contributed by atoms with Crippen LogP contribution in [0.5, 0.6) is 11.5 Å². The van der Waals surface area contributed by atoms with Gasteiger partial charge < -0.3 is 19.9 Å². The molecule has 0 saturated carbocycles. The summed E-state index contributed by atoms with van der Waals surface area (Å²) in [5.41, 5.74) is 1.19. The second-order valence-electron chi connectivity index (χ2n) is 6.26. The number of nitrogens with one attached hydrogen (secondary N) is 1. The van der Waals surface area contributed by atoms with Crippen LogP contribution in [0, 0.1) is 11.8 Å². The van der Waals surface area contributed by atoms with E-state index < -0.39 is 5.60 Å². The van der Waals surface area contributed by atoms with Gasteiger partial charge in [0.15, 0.2) is 11.5 Å². The third-order valence-electron chi connectivity index (χ3n) is 3.55. The van der Waals surface area contributed by atoms with E-state index in [4.69, 9.17) is 9.47 Å². The predicted molar refractivity (Wildman–Crippen MR) is 93.4 cm³/mol. The zero-order chi connectivity index (χ0) is 17.9. The fourth-order valence-corrected chi connectivity index (χ4v) is 2.27. The van der Waals surface area contributed by atoms with Gasteiger partial charge in [-0.2, -0.15) is 0 Å². The number of carbonyl (C=O) groups is 1. The van der Waals surface area contributed by atoms with Crippen molar-refractivity contribution in [2.24, 2.45) is 0 Å². The van der Waals surface area contributed by atoms with E-state index in [2.05, 4.69) is 17.2 Å². The van der Waals surface area contributed by atoms with E-state index in [-0.39, 0.29) is 12.7 Å². The normalized spacial score (nSPS) is 12.3. The molecular weight excluding hydrogens is 318 g/mol. The van der Waals surface area contributed by atoms with Crippen molar-refractivity contribution in [2.45, 2.75) is 26.0 Å². The number of hydrogen-bond donors (Lipinski definition) is 2. The third-order valence-corrected chi connectivity index (χ3v) is 3.55. The summed E-state index contributed by atoms with van der Waals surface area (Å²) in [6, 6.07) is 12.5. The van der Waals surface area contributed by atoms with Gasteiger partial charge in [-0.25, -0.2) is 0 Å². The quantitative estimate of drug-likeness (QED) is 0.845. The molecule has 1 aliphatic rings. The Morgan fingerprint density at radius 1 is 1.16 bits per heavy atom. The minimum Gasteiger partial charge on any atom is -0.454 e. The summed E-state index contributed by atoms with van der Waals surface area (Å²) in [4.78, 5) is 12.2. The molecule has 2 N–H and O–H groups in total. The Hall–Kier alpha value is -2.97. The Morgan fingerprint density at radius 2 is 1.88 bits per heavy atom. The number of fused-ring (bicyclic) bond motifs is 1. The Morgan fingerprint density at radius 3 is 2.60 bits per heavy atom. The maximum atomic E-state index is 12.2. The van der Waals surface area contributed by atoms with E-state index in [1.807, 2.05) is 18.2 Å². The molecule has 0 aromatic heterocycles. The van der Waals surface area contributed by atoms with Crippen molar-refractivity contribution >= 4 is 5.91 Å². The van der Waals surface area contributed by atoms with E-state index in [0.29, 0.717) is 17.9 Å². The largest absolute Gasteiger partial charge is 0.454 e. The first-order chi connectivity index (χ1) is 11.9. The minimum absolute atomic E-state index is 0.167. The highest BCUT2D eigenvalue weighted by Crippen LogP contribution is 2.32. The highest BCUT2D eigenvalue weighted by molar-refractivity contribution is 5.94. The molecule has 1 aliphatic heterocycles. The topological polar surface area (TPSA) is 67.8 Å². The van der Waals surface area contributed by atoms with Crippen LogP contribution >= 0.6 is 0 Å².